The van der Waals surface area contributed by atoms with Crippen molar-refractivity contribution in [2.75, 3.05) is 11.7 Å². The molecule has 12 heteroatoms. The number of halogens is 3. The lowest BCUT2D eigenvalue weighted by atomic mass is 10.1. The average molecular weight is 557 g/mol. The first-order chi connectivity index (χ1) is 19.1. The van der Waals surface area contributed by atoms with Crippen LogP contribution in [0.4, 0.5) is 13.2 Å². The van der Waals surface area contributed by atoms with E-state index in [-0.39, 0.29) is 30.8 Å². The zero-order valence-electron chi connectivity index (χ0n) is 21.7. The molecule has 2 bridgehead atoms. The highest BCUT2D eigenvalue weighted by atomic mass is 19.1. The van der Waals surface area contributed by atoms with E-state index in [1.807, 2.05) is 6.92 Å². The smallest absolute Gasteiger partial charge is 0.278 e. The van der Waals surface area contributed by atoms with Crippen molar-refractivity contribution in [1.82, 2.24) is 14.9 Å². The minimum Gasteiger partial charge on any atom is -0.482 e. The highest BCUT2D eigenvalue weighted by Crippen LogP contribution is 2.30. The minimum atomic E-state index is -1.19. The van der Waals surface area contributed by atoms with E-state index in [0.717, 1.165) is 0 Å². The maximum absolute atomic E-state index is 14.1. The van der Waals surface area contributed by atoms with Crippen molar-refractivity contribution in [1.29, 1.82) is 0 Å². The Bertz CT molecular complexity index is 1510. The molecule has 0 unspecified atom stereocenters. The molecule has 0 radical (unpaired) electrons. The second-order valence-corrected chi connectivity index (χ2v) is 9.95. The summed E-state index contributed by atoms with van der Waals surface area (Å²) in [5, 5.41) is 14.7. The van der Waals surface area contributed by atoms with Gasteiger partial charge in [-0.15, -0.1) is 0 Å². The average Bonchev–Trinajstić information content (AvgIpc) is 3.01. The number of nitrogens with zero attached hydrogens (tertiary/aromatic N) is 3. The normalized spacial score (nSPS) is 20.1. The van der Waals surface area contributed by atoms with E-state index in [1.54, 1.807) is 42.3 Å². The monoisotopic (exact) mass is 556 g/mol. The molecule has 2 aliphatic heterocycles. The number of amides is 2. The molecule has 9 nitrogen and oxygen atoms in total. The van der Waals surface area contributed by atoms with Crippen molar-refractivity contribution < 1.29 is 32.6 Å². The summed E-state index contributed by atoms with van der Waals surface area (Å²) in [4.78, 5) is 41.9. The number of aliphatic hydroxyl groups excluding tert-OH is 1. The molecule has 3 heterocycles. The van der Waals surface area contributed by atoms with Crippen LogP contribution in [0.2, 0.25) is 0 Å². The number of rotatable bonds is 6. The van der Waals surface area contributed by atoms with Crippen LogP contribution in [0.25, 0.3) is 0 Å². The Morgan fingerprint density at radius 2 is 1.77 bits per heavy atom. The molecule has 0 saturated carbocycles. The highest BCUT2D eigenvalue weighted by Gasteiger charge is 2.43. The van der Waals surface area contributed by atoms with Crippen LogP contribution in [0.5, 0.6) is 5.75 Å². The molecule has 1 saturated heterocycles. The summed E-state index contributed by atoms with van der Waals surface area (Å²) in [6.07, 6.45) is 0.664. The van der Waals surface area contributed by atoms with Crippen LogP contribution < -0.4 is 20.5 Å². The number of aromatic nitrogens is 1. The molecule has 0 aliphatic carbocycles. The van der Waals surface area contributed by atoms with Crippen LogP contribution in [-0.4, -0.2) is 51.4 Å². The van der Waals surface area contributed by atoms with E-state index in [9.17, 15) is 32.7 Å². The molecule has 1 aromatic heterocycles. The zero-order valence-corrected chi connectivity index (χ0v) is 21.7. The zero-order chi connectivity index (χ0) is 28.7. The maximum atomic E-state index is 14.1. The van der Waals surface area contributed by atoms with E-state index < -0.39 is 64.5 Å². The van der Waals surface area contributed by atoms with Gasteiger partial charge in [0.15, 0.2) is 11.4 Å². The summed E-state index contributed by atoms with van der Waals surface area (Å²) in [6, 6.07) is 9.01. The van der Waals surface area contributed by atoms with Crippen LogP contribution in [0.1, 0.15) is 52.2 Å². The Kier molecular flexibility index (Phi) is 7.28. The third-order valence-electron chi connectivity index (χ3n) is 7.33. The summed E-state index contributed by atoms with van der Waals surface area (Å²) < 4.78 is 48.8. The number of hydrogen-bond acceptors (Lipinski definition) is 6. The Morgan fingerprint density at radius 1 is 1.10 bits per heavy atom. The number of pyridine rings is 1. The molecule has 2 amide bonds. The number of ether oxygens (including phenoxy) is 1. The molecule has 210 valence electrons. The van der Waals surface area contributed by atoms with Crippen molar-refractivity contribution in [2.45, 2.75) is 51.6 Å². The number of benzene rings is 2. The van der Waals surface area contributed by atoms with Crippen molar-refractivity contribution in [3.8, 4) is 5.75 Å². The predicted molar refractivity (Wildman–Crippen MR) is 138 cm³/mol. The second-order valence-electron chi connectivity index (χ2n) is 9.95. The molecule has 2 aliphatic rings. The van der Waals surface area contributed by atoms with Gasteiger partial charge in [-0.1, -0.05) is 30.3 Å². The molecule has 3 aromatic rings. The van der Waals surface area contributed by atoms with Gasteiger partial charge in [-0.25, -0.2) is 13.2 Å². The van der Waals surface area contributed by atoms with Crippen molar-refractivity contribution in [3.63, 3.8) is 0 Å². The SMILES string of the molecule is C[C@@H]1C[C@@H](O)[C@H](C)N2CN1n1cc(C(=O)NCc3c(F)cc(F)cc3F)c(=O)c(OCc3ccccc3)c1C2=O. The Morgan fingerprint density at radius 3 is 2.45 bits per heavy atom. The van der Waals surface area contributed by atoms with Gasteiger partial charge in [-0.2, -0.15) is 0 Å². The van der Waals surface area contributed by atoms with Crippen LogP contribution in [0, 0.1) is 17.5 Å². The number of fused-ring (bicyclic) bond motifs is 4. The standard InChI is InChI=1S/C28H27F3N4O5/c1-15-8-23(36)16(2)33-14-35(15)34-12-20(27(38)32-11-19-21(30)9-18(29)10-22(19)31)25(37)26(24(34)28(33)39)40-13-17-6-4-3-5-7-17/h3-7,9-10,12,15-16,23,36H,8,11,13-14H2,1-2H3,(H,32,38)/t15-,16+,23-/m1/s1. The quantitative estimate of drug-likeness (QED) is 0.484. The molecule has 5 rings (SSSR count). The number of carbonyl (C=O) groups excluding carboxylic acids is 2. The molecule has 1 fully saturated rings. The van der Waals surface area contributed by atoms with Gasteiger partial charge in [0.25, 0.3) is 11.8 Å². The van der Waals surface area contributed by atoms with Gasteiger partial charge in [0.1, 0.15) is 36.3 Å². The third-order valence-corrected chi connectivity index (χ3v) is 7.33. The fourth-order valence-corrected chi connectivity index (χ4v) is 4.97. The van der Waals surface area contributed by atoms with Crippen LogP contribution in [-0.2, 0) is 13.2 Å². The fraction of sp³-hybridized carbons (Fsp3) is 0.321. The van der Waals surface area contributed by atoms with Gasteiger partial charge >= 0.3 is 0 Å². The summed E-state index contributed by atoms with van der Waals surface area (Å²) >= 11 is 0. The number of aliphatic hydroxyl groups is 1. The first kappa shape index (κ1) is 27.3. The molecule has 2 aromatic carbocycles. The Hall–Kier alpha value is -4.32. The lowest BCUT2D eigenvalue weighted by Gasteiger charge is -2.42. The highest BCUT2D eigenvalue weighted by molar-refractivity contribution is 5.99. The van der Waals surface area contributed by atoms with E-state index in [1.165, 1.54) is 15.8 Å². The van der Waals surface area contributed by atoms with Crippen LogP contribution in [0.15, 0.2) is 53.5 Å². The van der Waals surface area contributed by atoms with Crippen LogP contribution >= 0.6 is 0 Å². The number of carbonyl (C=O) groups is 2. The van der Waals surface area contributed by atoms with Gasteiger partial charge in [-0.05, 0) is 25.8 Å². The van der Waals surface area contributed by atoms with E-state index in [4.69, 9.17) is 4.74 Å². The van der Waals surface area contributed by atoms with Crippen molar-refractivity contribution in [3.05, 3.63) is 98.7 Å². The topological polar surface area (TPSA) is 104 Å². The molecular weight excluding hydrogens is 529 g/mol. The maximum Gasteiger partial charge on any atom is 0.278 e. The molecule has 2 N–H and O–H groups in total. The Balaban J connectivity index is 1.57. The largest absolute Gasteiger partial charge is 0.482 e. The summed E-state index contributed by atoms with van der Waals surface area (Å²) in [7, 11) is 0. The van der Waals surface area contributed by atoms with Crippen molar-refractivity contribution >= 4 is 11.8 Å². The molecule has 40 heavy (non-hydrogen) atoms. The summed E-state index contributed by atoms with van der Waals surface area (Å²) in [5.74, 6) is -5.39. The summed E-state index contributed by atoms with van der Waals surface area (Å²) in [5.41, 5.74) is -1.30. The second kappa shape index (κ2) is 10.7. The third kappa shape index (κ3) is 4.90. The van der Waals surface area contributed by atoms with Crippen molar-refractivity contribution in [2.24, 2.45) is 0 Å². The molecular formula is C28H27F3N4O5. The first-order valence-electron chi connectivity index (χ1n) is 12.7. The van der Waals surface area contributed by atoms with Gasteiger partial charge in [0.2, 0.25) is 5.43 Å². The van der Waals surface area contributed by atoms with Gasteiger partial charge in [0, 0.05) is 36.5 Å². The summed E-state index contributed by atoms with van der Waals surface area (Å²) in [6.45, 7) is 2.89. The Labute approximate surface area is 227 Å². The van der Waals surface area contributed by atoms with E-state index in [2.05, 4.69) is 5.32 Å². The van der Waals surface area contributed by atoms with E-state index in [0.29, 0.717) is 24.1 Å². The predicted octanol–water partition coefficient (Wildman–Crippen LogP) is 2.67. The van der Waals surface area contributed by atoms with Gasteiger partial charge < -0.3 is 20.1 Å². The lowest BCUT2D eigenvalue weighted by Crippen LogP contribution is -2.58. The van der Waals surface area contributed by atoms with Gasteiger partial charge in [-0.3, -0.25) is 24.1 Å². The lowest BCUT2D eigenvalue weighted by molar-refractivity contribution is 0.0408. The minimum absolute atomic E-state index is 0.0822. The van der Waals surface area contributed by atoms with E-state index >= 15 is 0 Å². The first-order valence-corrected chi connectivity index (χ1v) is 12.7. The van der Waals surface area contributed by atoms with Crippen LogP contribution in [0.3, 0.4) is 0 Å². The molecule has 0 spiro atoms. The number of hydrogen-bond donors (Lipinski definition) is 2. The fourth-order valence-electron chi connectivity index (χ4n) is 4.97. The number of nitrogens with one attached hydrogen (secondary N) is 1. The van der Waals surface area contributed by atoms with Gasteiger partial charge in [0.05, 0.1) is 12.1 Å². The molecule has 3 atom stereocenters.